The first kappa shape index (κ1) is 15.9. The lowest BCUT2D eigenvalue weighted by Gasteiger charge is -2.26. The van der Waals surface area contributed by atoms with Gasteiger partial charge >= 0.3 is 0 Å². The largest absolute Gasteiger partial charge is 0.316 e. The van der Waals surface area contributed by atoms with Gasteiger partial charge in [-0.1, -0.05) is 26.7 Å². The standard InChI is InChI=1S/C13H28N2O2S/c1-3-8-14-9-10-18(16,17)15-11-13-6-4-12(2)5-7-13/h12-15H,3-11H2,1-2H3. The van der Waals surface area contributed by atoms with Gasteiger partial charge < -0.3 is 5.32 Å². The molecule has 2 N–H and O–H groups in total. The summed E-state index contributed by atoms with van der Waals surface area (Å²) in [4.78, 5) is 0. The maximum Gasteiger partial charge on any atom is 0.212 e. The molecule has 0 unspecified atom stereocenters. The van der Waals surface area contributed by atoms with Crippen molar-refractivity contribution >= 4 is 10.0 Å². The molecule has 1 aliphatic rings. The maximum atomic E-state index is 11.7. The van der Waals surface area contributed by atoms with Crippen LogP contribution < -0.4 is 10.0 Å². The molecule has 1 saturated carbocycles. The van der Waals surface area contributed by atoms with Crippen molar-refractivity contribution in [1.29, 1.82) is 0 Å². The van der Waals surface area contributed by atoms with Crippen molar-refractivity contribution in [2.75, 3.05) is 25.4 Å². The molecule has 1 aliphatic carbocycles. The first-order valence-corrected chi connectivity index (χ1v) is 8.86. The van der Waals surface area contributed by atoms with Crippen LogP contribution in [0.2, 0.25) is 0 Å². The van der Waals surface area contributed by atoms with E-state index in [4.69, 9.17) is 0 Å². The van der Waals surface area contributed by atoms with Crippen LogP contribution in [0.1, 0.15) is 46.0 Å². The Hall–Kier alpha value is -0.130. The molecule has 1 fully saturated rings. The fraction of sp³-hybridized carbons (Fsp3) is 1.00. The zero-order valence-corrected chi connectivity index (χ0v) is 12.6. The lowest BCUT2D eigenvalue weighted by molar-refractivity contribution is 0.290. The Morgan fingerprint density at radius 2 is 1.78 bits per heavy atom. The predicted octanol–water partition coefficient (Wildman–Crippen LogP) is 1.73. The van der Waals surface area contributed by atoms with Gasteiger partial charge in [0.2, 0.25) is 10.0 Å². The van der Waals surface area contributed by atoms with Gasteiger partial charge in [-0.05, 0) is 37.6 Å². The van der Waals surface area contributed by atoms with Gasteiger partial charge in [0.25, 0.3) is 0 Å². The molecule has 1 rings (SSSR count). The summed E-state index contributed by atoms with van der Waals surface area (Å²) in [7, 11) is -3.09. The lowest BCUT2D eigenvalue weighted by atomic mass is 9.83. The van der Waals surface area contributed by atoms with E-state index in [2.05, 4.69) is 23.9 Å². The minimum Gasteiger partial charge on any atom is -0.316 e. The van der Waals surface area contributed by atoms with Crippen LogP contribution in [0.3, 0.4) is 0 Å². The number of nitrogens with one attached hydrogen (secondary N) is 2. The fourth-order valence-corrected chi connectivity index (χ4v) is 3.41. The van der Waals surface area contributed by atoms with Crippen LogP contribution in [0.25, 0.3) is 0 Å². The van der Waals surface area contributed by atoms with Crippen molar-refractivity contribution in [2.24, 2.45) is 11.8 Å². The SMILES string of the molecule is CCCNCCS(=O)(=O)NCC1CCC(C)CC1. The van der Waals surface area contributed by atoms with Crippen molar-refractivity contribution in [3.8, 4) is 0 Å². The van der Waals surface area contributed by atoms with Gasteiger partial charge in [-0.3, -0.25) is 0 Å². The van der Waals surface area contributed by atoms with Crippen molar-refractivity contribution in [3.63, 3.8) is 0 Å². The van der Waals surface area contributed by atoms with Crippen LogP contribution in [-0.4, -0.2) is 33.8 Å². The third-order valence-electron chi connectivity index (χ3n) is 3.70. The summed E-state index contributed by atoms with van der Waals surface area (Å²) in [6.45, 7) is 6.41. The highest BCUT2D eigenvalue weighted by Gasteiger charge is 2.20. The summed E-state index contributed by atoms with van der Waals surface area (Å²) in [6.07, 6.45) is 5.85. The lowest BCUT2D eigenvalue weighted by Crippen LogP contribution is -2.35. The van der Waals surface area contributed by atoms with Crippen molar-refractivity contribution in [3.05, 3.63) is 0 Å². The van der Waals surface area contributed by atoms with E-state index in [0.717, 1.165) is 31.7 Å². The molecule has 0 aromatic rings. The average Bonchev–Trinajstić information content (AvgIpc) is 2.34. The minimum atomic E-state index is -3.09. The second-order valence-corrected chi connectivity index (χ2v) is 7.47. The van der Waals surface area contributed by atoms with E-state index in [1.807, 2.05) is 0 Å². The van der Waals surface area contributed by atoms with E-state index in [9.17, 15) is 8.42 Å². The molecule has 0 aromatic heterocycles. The summed E-state index contributed by atoms with van der Waals surface area (Å²) in [5.74, 6) is 1.55. The third-order valence-corrected chi connectivity index (χ3v) is 5.05. The van der Waals surface area contributed by atoms with Gasteiger partial charge in [0.15, 0.2) is 0 Å². The smallest absolute Gasteiger partial charge is 0.212 e. The van der Waals surface area contributed by atoms with E-state index < -0.39 is 10.0 Å². The molecule has 0 radical (unpaired) electrons. The first-order valence-electron chi connectivity index (χ1n) is 7.21. The Bertz CT molecular complexity index is 309. The number of hydrogen-bond donors (Lipinski definition) is 2. The molecule has 0 bridgehead atoms. The van der Waals surface area contributed by atoms with Crippen molar-refractivity contribution in [2.45, 2.75) is 46.0 Å². The molecule has 5 heteroatoms. The van der Waals surface area contributed by atoms with Crippen LogP contribution in [0.5, 0.6) is 0 Å². The molecule has 0 atom stereocenters. The van der Waals surface area contributed by atoms with E-state index in [1.54, 1.807) is 0 Å². The molecule has 18 heavy (non-hydrogen) atoms. The maximum absolute atomic E-state index is 11.7. The fourth-order valence-electron chi connectivity index (χ4n) is 2.36. The quantitative estimate of drug-likeness (QED) is 0.664. The van der Waals surface area contributed by atoms with Gasteiger partial charge in [-0.2, -0.15) is 0 Å². The van der Waals surface area contributed by atoms with Crippen LogP contribution in [-0.2, 0) is 10.0 Å². The van der Waals surface area contributed by atoms with E-state index in [-0.39, 0.29) is 5.75 Å². The van der Waals surface area contributed by atoms with Crippen LogP contribution in [0.15, 0.2) is 0 Å². The summed E-state index contributed by atoms with van der Waals surface area (Å²) < 4.78 is 26.3. The Kier molecular flexibility index (Phi) is 7.19. The Balaban J connectivity index is 2.16. The second-order valence-electron chi connectivity index (χ2n) is 5.54. The topological polar surface area (TPSA) is 58.2 Å². The zero-order chi connectivity index (χ0) is 13.4. The van der Waals surface area contributed by atoms with Gasteiger partial charge in [0.05, 0.1) is 5.75 Å². The molecule has 0 aromatic carbocycles. The monoisotopic (exact) mass is 276 g/mol. The van der Waals surface area contributed by atoms with E-state index in [0.29, 0.717) is 19.0 Å². The summed E-state index contributed by atoms with van der Waals surface area (Å²) in [5.41, 5.74) is 0. The molecular formula is C13H28N2O2S. The molecule has 0 aliphatic heterocycles. The van der Waals surface area contributed by atoms with Gasteiger partial charge in [0, 0.05) is 13.1 Å². The van der Waals surface area contributed by atoms with E-state index in [1.165, 1.54) is 12.8 Å². The molecule has 108 valence electrons. The van der Waals surface area contributed by atoms with Gasteiger partial charge in [-0.15, -0.1) is 0 Å². The zero-order valence-electron chi connectivity index (χ0n) is 11.7. The van der Waals surface area contributed by atoms with Crippen LogP contribution in [0.4, 0.5) is 0 Å². The first-order chi connectivity index (χ1) is 8.53. The summed E-state index contributed by atoms with van der Waals surface area (Å²) in [6, 6.07) is 0. The highest BCUT2D eigenvalue weighted by atomic mass is 32.2. The van der Waals surface area contributed by atoms with Gasteiger partial charge in [-0.25, -0.2) is 13.1 Å². The van der Waals surface area contributed by atoms with Crippen molar-refractivity contribution in [1.82, 2.24) is 10.0 Å². The van der Waals surface area contributed by atoms with Crippen molar-refractivity contribution < 1.29 is 8.42 Å². The number of rotatable bonds is 8. The summed E-state index contributed by atoms with van der Waals surface area (Å²) in [5, 5.41) is 3.12. The van der Waals surface area contributed by atoms with E-state index >= 15 is 0 Å². The molecule has 0 spiro atoms. The molecular weight excluding hydrogens is 248 g/mol. The molecule has 0 saturated heterocycles. The summed E-state index contributed by atoms with van der Waals surface area (Å²) >= 11 is 0. The van der Waals surface area contributed by atoms with Gasteiger partial charge in [0.1, 0.15) is 0 Å². The number of sulfonamides is 1. The third kappa shape index (κ3) is 6.71. The highest BCUT2D eigenvalue weighted by molar-refractivity contribution is 7.89. The molecule has 0 heterocycles. The van der Waals surface area contributed by atoms with Crippen LogP contribution >= 0.6 is 0 Å². The highest BCUT2D eigenvalue weighted by Crippen LogP contribution is 2.27. The normalized spacial score (nSPS) is 25.2. The predicted molar refractivity (Wildman–Crippen MR) is 76.1 cm³/mol. The number of hydrogen-bond acceptors (Lipinski definition) is 3. The molecule has 0 amide bonds. The molecule has 4 nitrogen and oxygen atoms in total. The van der Waals surface area contributed by atoms with Crippen LogP contribution in [0, 0.1) is 11.8 Å². The Morgan fingerprint density at radius 1 is 1.11 bits per heavy atom. The average molecular weight is 276 g/mol. The Morgan fingerprint density at radius 3 is 2.39 bits per heavy atom. The Labute approximate surface area is 112 Å². The second kappa shape index (κ2) is 8.12. The minimum absolute atomic E-state index is 0.191.